The van der Waals surface area contributed by atoms with Gasteiger partial charge in [0.2, 0.25) is 0 Å². The quantitative estimate of drug-likeness (QED) is 0.799. The molecular formula is C19H16ClNO3. The van der Waals surface area contributed by atoms with Gasteiger partial charge in [-0.2, -0.15) is 0 Å². The second kappa shape index (κ2) is 6.49. The minimum atomic E-state index is -0.465. The van der Waals surface area contributed by atoms with E-state index in [2.05, 4.69) is 0 Å². The molecule has 24 heavy (non-hydrogen) atoms. The molecule has 1 heterocycles. The van der Waals surface area contributed by atoms with Gasteiger partial charge in [0.05, 0.1) is 19.2 Å². The molecule has 1 aliphatic rings. The van der Waals surface area contributed by atoms with E-state index in [1.165, 1.54) is 4.90 Å². The lowest BCUT2D eigenvalue weighted by molar-refractivity contribution is -0.137. The Kier molecular flexibility index (Phi) is 4.40. The van der Waals surface area contributed by atoms with E-state index in [0.29, 0.717) is 11.3 Å². The van der Waals surface area contributed by atoms with Crippen LogP contribution in [0, 0.1) is 6.92 Å². The Morgan fingerprint density at radius 2 is 1.58 bits per heavy atom. The van der Waals surface area contributed by atoms with Crippen molar-refractivity contribution < 1.29 is 14.3 Å². The maximum absolute atomic E-state index is 12.7. The number of methoxy groups -OCH3 is 1. The number of hydrogen-bond donors (Lipinski definition) is 0. The van der Waals surface area contributed by atoms with E-state index in [4.69, 9.17) is 16.3 Å². The summed E-state index contributed by atoms with van der Waals surface area (Å²) in [6.07, 6.45) is 0. The van der Waals surface area contributed by atoms with Crippen LogP contribution in [-0.4, -0.2) is 23.8 Å². The number of hydrogen-bond acceptors (Lipinski definition) is 3. The molecule has 0 spiro atoms. The van der Waals surface area contributed by atoms with Crippen molar-refractivity contribution in [3.63, 3.8) is 0 Å². The largest absolute Gasteiger partial charge is 0.497 e. The summed E-state index contributed by atoms with van der Waals surface area (Å²) in [7, 11) is 1.56. The standard InChI is InChI=1S/C19H16ClNO3/c1-12-3-5-13(6-4-12)11-21-18(22)16(17(20)19(21)23)14-7-9-15(24-2)10-8-14/h3-10H,11H2,1-2H3. The normalized spacial score (nSPS) is 14.5. The lowest BCUT2D eigenvalue weighted by atomic mass is 10.1. The molecule has 0 saturated carbocycles. The van der Waals surface area contributed by atoms with Crippen molar-refractivity contribution in [3.8, 4) is 5.75 Å². The van der Waals surface area contributed by atoms with E-state index in [1.54, 1.807) is 31.4 Å². The predicted octanol–water partition coefficient (Wildman–Crippen LogP) is 3.52. The van der Waals surface area contributed by atoms with Crippen LogP contribution in [0.4, 0.5) is 0 Å². The highest BCUT2D eigenvalue weighted by Gasteiger charge is 2.38. The molecule has 0 N–H and O–H groups in total. The Hall–Kier alpha value is -2.59. The van der Waals surface area contributed by atoms with Crippen LogP contribution in [-0.2, 0) is 16.1 Å². The number of aryl methyl sites for hydroxylation is 1. The van der Waals surface area contributed by atoms with Gasteiger partial charge in [-0.1, -0.05) is 53.6 Å². The Labute approximate surface area is 145 Å². The molecule has 0 aromatic heterocycles. The molecule has 2 amide bonds. The van der Waals surface area contributed by atoms with Crippen LogP contribution in [0.25, 0.3) is 5.57 Å². The number of halogens is 1. The molecule has 0 radical (unpaired) electrons. The van der Waals surface area contributed by atoms with Crippen LogP contribution >= 0.6 is 11.6 Å². The molecule has 2 aromatic rings. The SMILES string of the molecule is COc1ccc(C2=C(Cl)C(=O)N(Cc3ccc(C)cc3)C2=O)cc1. The van der Waals surface area contributed by atoms with Gasteiger partial charge in [0.1, 0.15) is 10.8 Å². The highest BCUT2D eigenvalue weighted by molar-refractivity contribution is 6.55. The number of ether oxygens (including phenoxy) is 1. The second-order valence-electron chi connectivity index (χ2n) is 5.60. The van der Waals surface area contributed by atoms with Gasteiger partial charge in [-0.05, 0) is 30.2 Å². The monoisotopic (exact) mass is 341 g/mol. The fourth-order valence-electron chi connectivity index (χ4n) is 2.57. The van der Waals surface area contributed by atoms with Crippen LogP contribution < -0.4 is 4.74 Å². The zero-order chi connectivity index (χ0) is 17.3. The van der Waals surface area contributed by atoms with Crippen LogP contribution in [0.2, 0.25) is 0 Å². The van der Waals surface area contributed by atoms with Gasteiger partial charge in [-0.15, -0.1) is 0 Å². The highest BCUT2D eigenvalue weighted by atomic mass is 35.5. The molecule has 0 bridgehead atoms. The summed E-state index contributed by atoms with van der Waals surface area (Å²) < 4.78 is 5.11. The number of carbonyl (C=O) groups is 2. The van der Waals surface area contributed by atoms with Gasteiger partial charge in [-0.3, -0.25) is 14.5 Å². The first-order valence-electron chi connectivity index (χ1n) is 7.47. The van der Waals surface area contributed by atoms with Gasteiger partial charge in [0.25, 0.3) is 11.8 Å². The number of benzene rings is 2. The first-order valence-corrected chi connectivity index (χ1v) is 7.85. The first kappa shape index (κ1) is 16.3. The van der Waals surface area contributed by atoms with E-state index in [0.717, 1.165) is 11.1 Å². The number of rotatable bonds is 4. The van der Waals surface area contributed by atoms with Crippen molar-refractivity contribution in [1.29, 1.82) is 0 Å². The van der Waals surface area contributed by atoms with Crippen molar-refractivity contribution in [1.82, 2.24) is 4.90 Å². The molecule has 0 atom stereocenters. The molecule has 0 unspecified atom stereocenters. The van der Waals surface area contributed by atoms with E-state index in [1.807, 2.05) is 31.2 Å². The maximum Gasteiger partial charge on any atom is 0.273 e. The number of carbonyl (C=O) groups excluding carboxylic acids is 2. The van der Waals surface area contributed by atoms with Crippen molar-refractivity contribution in [2.45, 2.75) is 13.5 Å². The fraction of sp³-hybridized carbons (Fsp3) is 0.158. The average molecular weight is 342 g/mol. The maximum atomic E-state index is 12.7. The first-order chi connectivity index (χ1) is 11.5. The molecule has 4 nitrogen and oxygen atoms in total. The summed E-state index contributed by atoms with van der Waals surface area (Å²) >= 11 is 6.15. The third-order valence-electron chi connectivity index (χ3n) is 3.95. The lowest BCUT2D eigenvalue weighted by Gasteiger charge is -2.15. The molecule has 5 heteroatoms. The summed E-state index contributed by atoms with van der Waals surface area (Å²) in [5.74, 6) is -0.174. The Bertz CT molecular complexity index is 823. The topological polar surface area (TPSA) is 46.6 Å². The van der Waals surface area contributed by atoms with E-state index < -0.39 is 5.91 Å². The highest BCUT2D eigenvalue weighted by Crippen LogP contribution is 2.33. The van der Waals surface area contributed by atoms with Crippen LogP contribution in [0.15, 0.2) is 53.6 Å². The van der Waals surface area contributed by atoms with Crippen LogP contribution in [0.3, 0.4) is 0 Å². The molecular weight excluding hydrogens is 326 g/mol. The number of nitrogens with zero attached hydrogens (tertiary/aromatic N) is 1. The summed E-state index contributed by atoms with van der Waals surface area (Å²) in [6.45, 7) is 2.18. The smallest absolute Gasteiger partial charge is 0.273 e. The minimum absolute atomic E-state index is 0.0442. The third kappa shape index (κ3) is 2.93. The summed E-state index contributed by atoms with van der Waals surface area (Å²) in [4.78, 5) is 26.2. The molecule has 0 saturated heterocycles. The van der Waals surface area contributed by atoms with Gasteiger partial charge in [0.15, 0.2) is 0 Å². The van der Waals surface area contributed by atoms with Crippen molar-refractivity contribution >= 4 is 29.0 Å². The van der Waals surface area contributed by atoms with Crippen molar-refractivity contribution in [2.75, 3.05) is 7.11 Å². The molecule has 3 rings (SSSR count). The van der Waals surface area contributed by atoms with Gasteiger partial charge < -0.3 is 4.74 Å². The Balaban J connectivity index is 1.87. The zero-order valence-electron chi connectivity index (χ0n) is 13.4. The average Bonchev–Trinajstić information content (AvgIpc) is 2.80. The fourth-order valence-corrected chi connectivity index (χ4v) is 2.87. The Morgan fingerprint density at radius 1 is 0.958 bits per heavy atom. The summed E-state index contributed by atoms with van der Waals surface area (Å²) in [5, 5.41) is -0.0442. The third-order valence-corrected chi connectivity index (χ3v) is 4.30. The van der Waals surface area contributed by atoms with Crippen LogP contribution in [0.5, 0.6) is 5.75 Å². The summed E-state index contributed by atoms with van der Waals surface area (Å²) in [6, 6.07) is 14.6. The number of amides is 2. The van der Waals surface area contributed by atoms with Crippen LogP contribution in [0.1, 0.15) is 16.7 Å². The van der Waals surface area contributed by atoms with E-state index in [-0.39, 0.29) is 23.1 Å². The van der Waals surface area contributed by atoms with E-state index in [9.17, 15) is 9.59 Å². The minimum Gasteiger partial charge on any atom is -0.497 e. The summed E-state index contributed by atoms with van der Waals surface area (Å²) in [5.41, 5.74) is 2.83. The van der Waals surface area contributed by atoms with Crippen molar-refractivity contribution in [3.05, 3.63) is 70.3 Å². The molecule has 2 aromatic carbocycles. The lowest BCUT2D eigenvalue weighted by Crippen LogP contribution is -2.30. The van der Waals surface area contributed by atoms with Crippen molar-refractivity contribution in [2.24, 2.45) is 0 Å². The van der Waals surface area contributed by atoms with E-state index >= 15 is 0 Å². The van der Waals surface area contributed by atoms with Gasteiger partial charge >= 0.3 is 0 Å². The number of imide groups is 1. The second-order valence-corrected chi connectivity index (χ2v) is 5.98. The van der Waals surface area contributed by atoms with Gasteiger partial charge in [0, 0.05) is 0 Å². The molecule has 122 valence electrons. The van der Waals surface area contributed by atoms with Gasteiger partial charge in [-0.25, -0.2) is 0 Å². The Morgan fingerprint density at radius 3 is 2.17 bits per heavy atom. The predicted molar refractivity (Wildman–Crippen MR) is 92.5 cm³/mol. The molecule has 1 aliphatic heterocycles. The zero-order valence-corrected chi connectivity index (χ0v) is 14.1. The molecule has 0 aliphatic carbocycles. The molecule has 0 fully saturated rings.